The molecule has 0 N–H and O–H groups in total. The molecule has 0 rings (SSSR count). The molecule has 2 nitrogen and oxygen atoms in total. The van der Waals surface area contributed by atoms with Gasteiger partial charge in [0.05, 0.1) is 0 Å². The smallest absolute Gasteiger partial charge is 0.512 e. The molecule has 0 saturated heterocycles. The molecule has 0 heterocycles. The molecule has 44 valence electrons. The summed E-state index contributed by atoms with van der Waals surface area (Å²) in [5.41, 5.74) is 2.24. The van der Waals surface area contributed by atoms with Crippen molar-refractivity contribution in [1.82, 2.24) is 0 Å². The maximum atomic E-state index is 8.21. The maximum absolute atomic E-state index is 8.21. The largest absolute Gasteiger partial charge is 1.00 e. The van der Waals surface area contributed by atoms with Gasteiger partial charge in [-0.25, -0.2) is 5.26 Å². The standard InChI is InChI=1S/C4H9NSi.CN.K/c1-6(2,3)4-5;1-2;/h1-3H3;;/q;-1;+1. The molecule has 0 aliphatic heterocycles. The van der Waals surface area contributed by atoms with E-state index in [0.29, 0.717) is 0 Å². The van der Waals surface area contributed by atoms with Crippen LogP contribution in [0.1, 0.15) is 0 Å². The molecule has 0 aliphatic carbocycles. The number of nitrogens with zero attached hydrogens (tertiary/aromatic N) is 2. The van der Waals surface area contributed by atoms with Gasteiger partial charge >= 0.3 is 51.4 Å². The molecule has 0 spiro atoms. The third kappa shape index (κ3) is 28.1. The molecule has 0 aliphatic rings. The molecule has 4 heteroatoms. The van der Waals surface area contributed by atoms with Crippen LogP contribution < -0.4 is 51.4 Å². The first kappa shape index (κ1) is 16.4. The van der Waals surface area contributed by atoms with Gasteiger partial charge in [0.15, 0.2) is 8.07 Å². The van der Waals surface area contributed by atoms with Crippen molar-refractivity contribution in [2.75, 3.05) is 0 Å². The Morgan fingerprint density at radius 2 is 1.33 bits per heavy atom. The molecule has 9 heavy (non-hydrogen) atoms. The minimum atomic E-state index is -1.33. The zero-order valence-electron chi connectivity index (χ0n) is 6.39. The Balaban J connectivity index is -0.000000109. The van der Waals surface area contributed by atoms with Crippen LogP contribution in [0.4, 0.5) is 0 Å². The van der Waals surface area contributed by atoms with Crippen molar-refractivity contribution in [2.45, 2.75) is 19.6 Å². The third-order valence-electron chi connectivity index (χ3n) is 0.335. The van der Waals surface area contributed by atoms with Crippen molar-refractivity contribution in [2.24, 2.45) is 0 Å². The fourth-order valence-electron chi connectivity index (χ4n) is 0. The quantitative estimate of drug-likeness (QED) is 0.323. The second-order valence-electron chi connectivity index (χ2n) is 2.36. The minimum Gasteiger partial charge on any atom is -0.512 e. The van der Waals surface area contributed by atoms with Crippen molar-refractivity contribution in [1.29, 1.82) is 10.5 Å². The summed E-state index contributed by atoms with van der Waals surface area (Å²) in [5, 5.41) is 14.5. The van der Waals surface area contributed by atoms with E-state index in [1.807, 2.05) is 19.6 Å². The van der Waals surface area contributed by atoms with Gasteiger partial charge in [-0.3, -0.25) is 0 Å². The molecular formula is C5H9KN2Si. The van der Waals surface area contributed by atoms with Gasteiger partial charge in [-0.05, 0) is 0 Å². The number of hydrogen-bond donors (Lipinski definition) is 0. The van der Waals surface area contributed by atoms with Gasteiger partial charge in [-0.15, -0.1) is 0 Å². The van der Waals surface area contributed by atoms with Gasteiger partial charge in [0.2, 0.25) is 0 Å². The molecule has 0 bridgehead atoms. The Morgan fingerprint density at radius 3 is 1.33 bits per heavy atom. The molecule has 0 atom stereocenters. The third-order valence-corrected chi connectivity index (χ3v) is 1.01. The van der Waals surface area contributed by atoms with Crippen LogP contribution in [0.15, 0.2) is 0 Å². The van der Waals surface area contributed by atoms with E-state index in [9.17, 15) is 0 Å². The van der Waals surface area contributed by atoms with Crippen LogP contribution >= 0.6 is 0 Å². The Morgan fingerprint density at radius 1 is 1.22 bits per heavy atom. The summed E-state index contributed by atoms with van der Waals surface area (Å²) in [6.45, 7) is 10.8. The van der Waals surface area contributed by atoms with Crippen LogP contribution in [0, 0.1) is 22.8 Å². The zero-order valence-corrected chi connectivity index (χ0v) is 10.5. The summed E-state index contributed by atoms with van der Waals surface area (Å²) in [7, 11) is -1.33. The van der Waals surface area contributed by atoms with E-state index >= 15 is 0 Å². The first-order valence-electron chi connectivity index (χ1n) is 2.20. The molecule has 0 aromatic carbocycles. The van der Waals surface area contributed by atoms with E-state index in [4.69, 9.17) is 17.1 Å². The summed E-state index contributed by atoms with van der Waals surface area (Å²) in [6, 6.07) is 0. The monoisotopic (exact) mass is 164 g/mol. The summed E-state index contributed by atoms with van der Waals surface area (Å²) in [4.78, 5) is 0. The Kier molecular flexibility index (Phi) is 16.1. The Bertz CT molecular complexity index is 108. The summed E-state index contributed by atoms with van der Waals surface area (Å²) < 4.78 is 0. The number of nitriles is 1. The zero-order chi connectivity index (χ0) is 7.21. The predicted octanol–water partition coefficient (Wildman–Crippen LogP) is -1.51. The summed E-state index contributed by atoms with van der Waals surface area (Å²) >= 11 is 0. The van der Waals surface area contributed by atoms with Crippen molar-refractivity contribution in [3.8, 4) is 5.69 Å². The Labute approximate surface area is 100 Å². The van der Waals surface area contributed by atoms with E-state index in [1.165, 1.54) is 0 Å². The minimum absolute atomic E-state index is 0. The molecule has 0 aromatic heterocycles. The van der Waals surface area contributed by atoms with E-state index in [2.05, 4.69) is 5.69 Å². The van der Waals surface area contributed by atoms with Gasteiger partial charge in [0.1, 0.15) is 0 Å². The van der Waals surface area contributed by atoms with Crippen LogP contribution in [0.3, 0.4) is 0 Å². The van der Waals surface area contributed by atoms with Gasteiger partial charge in [-0.2, -0.15) is 0 Å². The van der Waals surface area contributed by atoms with E-state index in [1.54, 1.807) is 0 Å². The van der Waals surface area contributed by atoms with Gasteiger partial charge < -0.3 is 11.8 Å². The van der Waals surface area contributed by atoms with Crippen LogP contribution in [0.2, 0.25) is 19.6 Å². The average Bonchev–Trinajstić information content (AvgIpc) is 1.71. The molecule has 0 fully saturated rings. The molecule has 0 unspecified atom stereocenters. The second kappa shape index (κ2) is 8.83. The van der Waals surface area contributed by atoms with Gasteiger partial charge in [0, 0.05) is 5.69 Å². The molecule has 0 aromatic rings. The van der Waals surface area contributed by atoms with Crippen LogP contribution in [-0.4, -0.2) is 8.07 Å². The Hall–Kier alpha value is 0.833. The van der Waals surface area contributed by atoms with Gasteiger partial charge in [-0.1, -0.05) is 19.6 Å². The van der Waals surface area contributed by atoms with E-state index in [-0.39, 0.29) is 51.4 Å². The maximum Gasteiger partial charge on any atom is 1.00 e. The molecular weight excluding hydrogens is 155 g/mol. The van der Waals surface area contributed by atoms with Crippen LogP contribution in [-0.2, 0) is 0 Å². The molecule has 0 saturated carbocycles. The van der Waals surface area contributed by atoms with Crippen LogP contribution in [0.5, 0.6) is 0 Å². The summed E-state index contributed by atoms with van der Waals surface area (Å²) in [5.74, 6) is 0. The number of rotatable bonds is 0. The molecule has 0 radical (unpaired) electrons. The average molecular weight is 164 g/mol. The fraction of sp³-hybridized carbons (Fsp3) is 0.600. The van der Waals surface area contributed by atoms with Gasteiger partial charge in [0.25, 0.3) is 0 Å². The topological polar surface area (TPSA) is 47.6 Å². The van der Waals surface area contributed by atoms with Crippen molar-refractivity contribution in [3.63, 3.8) is 0 Å². The second-order valence-corrected chi connectivity index (χ2v) is 7.09. The SMILES string of the molecule is C[Si](C)(C)C#N.[C-]#N.[K+]. The first-order chi connectivity index (χ1) is 3.56. The number of hydrogen-bond acceptors (Lipinski definition) is 2. The predicted molar refractivity (Wildman–Crippen MR) is 33.9 cm³/mol. The van der Waals surface area contributed by atoms with Crippen molar-refractivity contribution in [3.05, 3.63) is 6.57 Å². The fourth-order valence-corrected chi connectivity index (χ4v) is 0. The molecule has 0 amide bonds. The summed E-state index contributed by atoms with van der Waals surface area (Å²) in [6.07, 6.45) is 0. The van der Waals surface area contributed by atoms with E-state index < -0.39 is 8.07 Å². The first-order valence-corrected chi connectivity index (χ1v) is 5.70. The van der Waals surface area contributed by atoms with Crippen molar-refractivity contribution < 1.29 is 51.4 Å². The normalized spacial score (nSPS) is 7.11. The van der Waals surface area contributed by atoms with E-state index in [0.717, 1.165) is 0 Å². The van der Waals surface area contributed by atoms with Crippen molar-refractivity contribution >= 4 is 8.07 Å². The van der Waals surface area contributed by atoms with Crippen LogP contribution in [0.25, 0.3) is 0 Å².